The van der Waals surface area contributed by atoms with Crippen LogP contribution in [-0.2, 0) is 16.0 Å². The first-order chi connectivity index (χ1) is 11.0. The van der Waals surface area contributed by atoms with E-state index in [1.54, 1.807) is 0 Å². The molecule has 0 atom stereocenters. The van der Waals surface area contributed by atoms with Crippen molar-refractivity contribution in [3.8, 4) is 0 Å². The molecule has 23 heavy (non-hydrogen) atoms. The maximum absolute atomic E-state index is 12.4. The quantitative estimate of drug-likeness (QED) is 0.719. The second-order valence-electron chi connectivity index (χ2n) is 5.01. The number of hydrogen-bond donors (Lipinski definition) is 3. The Morgan fingerprint density at radius 1 is 1.13 bits per heavy atom. The molecule has 0 aliphatic carbocycles. The fraction of sp³-hybridized carbons (Fsp3) is 0.312. The molecule has 2 rings (SSSR count). The third-order valence-electron chi connectivity index (χ3n) is 3.25. The van der Waals surface area contributed by atoms with Gasteiger partial charge in [0.15, 0.2) is 0 Å². The topological polar surface area (TPSA) is 95.5 Å². The van der Waals surface area contributed by atoms with Gasteiger partial charge < -0.3 is 15.7 Å². The van der Waals surface area contributed by atoms with Crippen LogP contribution in [0.5, 0.6) is 0 Å². The lowest BCUT2D eigenvalue weighted by Gasteiger charge is -2.06. The van der Waals surface area contributed by atoms with Crippen LogP contribution in [0.25, 0.3) is 10.1 Å². The Morgan fingerprint density at radius 3 is 2.57 bits per heavy atom. The Bertz CT molecular complexity index is 739. The smallest absolute Gasteiger partial charge is 0.322 e. The molecule has 0 spiro atoms. The zero-order chi connectivity index (χ0) is 16.8. The van der Waals surface area contributed by atoms with Crippen LogP contribution in [0.2, 0.25) is 0 Å². The number of aliphatic carboxylic acids is 1. The molecule has 2 aromatic rings. The van der Waals surface area contributed by atoms with Crippen LogP contribution in [0.4, 0.5) is 0 Å². The number of carbonyl (C=O) groups is 3. The second kappa shape index (κ2) is 7.73. The van der Waals surface area contributed by atoms with Gasteiger partial charge in [-0.05, 0) is 23.4 Å². The predicted octanol–water partition coefficient (Wildman–Crippen LogP) is 1.78. The summed E-state index contributed by atoms with van der Waals surface area (Å²) in [7, 11) is 0. The van der Waals surface area contributed by atoms with Gasteiger partial charge in [0.05, 0.1) is 11.4 Å². The zero-order valence-corrected chi connectivity index (χ0v) is 13.5. The number of carboxylic acids is 1. The van der Waals surface area contributed by atoms with Crippen molar-refractivity contribution in [1.82, 2.24) is 10.6 Å². The van der Waals surface area contributed by atoms with Gasteiger partial charge in [-0.3, -0.25) is 14.4 Å². The summed E-state index contributed by atoms with van der Waals surface area (Å²) in [5.74, 6) is -1.96. The van der Waals surface area contributed by atoms with Crippen molar-refractivity contribution < 1.29 is 19.5 Å². The number of carbonyl (C=O) groups excluding carboxylic acids is 2. The first kappa shape index (κ1) is 17.0. The van der Waals surface area contributed by atoms with E-state index in [1.165, 1.54) is 11.3 Å². The minimum atomic E-state index is -1.13. The minimum Gasteiger partial charge on any atom is -0.480 e. The highest BCUT2D eigenvalue weighted by Gasteiger charge is 2.18. The Kier molecular flexibility index (Phi) is 5.70. The first-order valence-electron chi connectivity index (χ1n) is 7.30. The van der Waals surface area contributed by atoms with E-state index < -0.39 is 18.4 Å². The number of aryl methyl sites for hydroxylation is 1. The average Bonchev–Trinajstić information content (AvgIpc) is 2.90. The molecule has 2 amide bonds. The van der Waals surface area contributed by atoms with Gasteiger partial charge in [-0.1, -0.05) is 31.5 Å². The van der Waals surface area contributed by atoms with E-state index >= 15 is 0 Å². The van der Waals surface area contributed by atoms with Gasteiger partial charge in [0.2, 0.25) is 5.91 Å². The standard InChI is InChI=1S/C16H18N2O4S/c1-2-5-11-10-6-3-4-7-12(10)23-15(11)16(22)18-8-13(19)17-9-14(20)21/h3-4,6-7H,2,5,8-9H2,1H3,(H,17,19)(H,18,22)(H,20,21). The van der Waals surface area contributed by atoms with Crippen molar-refractivity contribution in [3.63, 3.8) is 0 Å². The van der Waals surface area contributed by atoms with Crippen molar-refractivity contribution in [1.29, 1.82) is 0 Å². The van der Waals surface area contributed by atoms with Crippen molar-refractivity contribution in [2.24, 2.45) is 0 Å². The molecule has 0 aliphatic heterocycles. The summed E-state index contributed by atoms with van der Waals surface area (Å²) in [6.45, 7) is 1.35. The van der Waals surface area contributed by atoms with Gasteiger partial charge in [0, 0.05) is 4.70 Å². The van der Waals surface area contributed by atoms with Crippen LogP contribution in [-0.4, -0.2) is 36.0 Å². The van der Waals surface area contributed by atoms with E-state index in [9.17, 15) is 14.4 Å². The first-order valence-corrected chi connectivity index (χ1v) is 8.11. The Hall–Kier alpha value is -2.41. The maximum atomic E-state index is 12.4. The van der Waals surface area contributed by atoms with Gasteiger partial charge in [-0.2, -0.15) is 0 Å². The van der Waals surface area contributed by atoms with Crippen molar-refractivity contribution in [3.05, 3.63) is 34.7 Å². The van der Waals surface area contributed by atoms with Gasteiger partial charge in [-0.15, -0.1) is 11.3 Å². The summed E-state index contributed by atoms with van der Waals surface area (Å²) in [6, 6.07) is 7.83. The summed E-state index contributed by atoms with van der Waals surface area (Å²) in [5.41, 5.74) is 0.997. The molecule has 7 heteroatoms. The van der Waals surface area contributed by atoms with E-state index in [-0.39, 0.29) is 12.5 Å². The van der Waals surface area contributed by atoms with E-state index in [1.807, 2.05) is 31.2 Å². The molecule has 1 aromatic carbocycles. The summed E-state index contributed by atoms with van der Waals surface area (Å²) in [4.78, 5) is 34.8. The largest absolute Gasteiger partial charge is 0.480 e. The molecule has 0 bridgehead atoms. The predicted molar refractivity (Wildman–Crippen MR) is 88.8 cm³/mol. The van der Waals surface area contributed by atoms with Crippen LogP contribution in [0.3, 0.4) is 0 Å². The van der Waals surface area contributed by atoms with Crippen molar-refractivity contribution in [2.75, 3.05) is 13.1 Å². The lowest BCUT2D eigenvalue weighted by molar-refractivity contribution is -0.137. The lowest BCUT2D eigenvalue weighted by Crippen LogP contribution is -2.39. The average molecular weight is 334 g/mol. The van der Waals surface area contributed by atoms with Gasteiger partial charge in [0.1, 0.15) is 6.54 Å². The lowest BCUT2D eigenvalue weighted by atomic mass is 10.1. The molecular weight excluding hydrogens is 316 g/mol. The van der Waals surface area contributed by atoms with Crippen LogP contribution in [0.15, 0.2) is 24.3 Å². The third-order valence-corrected chi connectivity index (χ3v) is 4.46. The Balaban J connectivity index is 2.10. The molecule has 0 saturated heterocycles. The highest BCUT2D eigenvalue weighted by molar-refractivity contribution is 7.21. The zero-order valence-electron chi connectivity index (χ0n) is 12.7. The highest BCUT2D eigenvalue weighted by atomic mass is 32.1. The number of rotatable bonds is 7. The molecule has 1 aromatic heterocycles. The van der Waals surface area contributed by atoms with Gasteiger partial charge >= 0.3 is 5.97 Å². The summed E-state index contributed by atoms with van der Waals surface area (Å²) in [5, 5.41) is 14.3. The Morgan fingerprint density at radius 2 is 1.87 bits per heavy atom. The van der Waals surface area contributed by atoms with E-state index in [2.05, 4.69) is 10.6 Å². The highest BCUT2D eigenvalue weighted by Crippen LogP contribution is 2.32. The molecule has 0 aliphatic rings. The molecule has 0 saturated carbocycles. The SMILES string of the molecule is CCCc1c(C(=O)NCC(=O)NCC(=O)O)sc2ccccc12. The number of benzene rings is 1. The Labute approximate surface area is 137 Å². The number of thiophene rings is 1. The number of carboxylic acid groups (broad SMARTS) is 1. The number of nitrogens with one attached hydrogen (secondary N) is 2. The minimum absolute atomic E-state index is 0.244. The number of fused-ring (bicyclic) bond motifs is 1. The fourth-order valence-electron chi connectivity index (χ4n) is 2.26. The van der Waals surface area contributed by atoms with E-state index in [4.69, 9.17) is 5.11 Å². The fourth-order valence-corrected chi connectivity index (χ4v) is 3.43. The normalized spacial score (nSPS) is 10.5. The third kappa shape index (κ3) is 4.29. The summed E-state index contributed by atoms with van der Waals surface area (Å²) < 4.78 is 1.04. The van der Waals surface area contributed by atoms with Crippen LogP contribution < -0.4 is 10.6 Å². The molecule has 0 unspecified atom stereocenters. The van der Waals surface area contributed by atoms with Crippen molar-refractivity contribution >= 4 is 39.2 Å². The van der Waals surface area contributed by atoms with E-state index in [0.29, 0.717) is 4.88 Å². The van der Waals surface area contributed by atoms with Crippen molar-refractivity contribution in [2.45, 2.75) is 19.8 Å². The van der Waals surface area contributed by atoms with Gasteiger partial charge in [0.25, 0.3) is 5.91 Å². The molecular formula is C16H18N2O4S. The molecule has 1 heterocycles. The van der Waals surface area contributed by atoms with Gasteiger partial charge in [-0.25, -0.2) is 0 Å². The van der Waals surface area contributed by atoms with Crippen LogP contribution in [0.1, 0.15) is 28.6 Å². The van der Waals surface area contributed by atoms with E-state index in [0.717, 1.165) is 28.5 Å². The molecule has 3 N–H and O–H groups in total. The maximum Gasteiger partial charge on any atom is 0.322 e. The molecule has 6 nitrogen and oxygen atoms in total. The number of hydrogen-bond acceptors (Lipinski definition) is 4. The number of amides is 2. The summed E-state index contributed by atoms with van der Waals surface area (Å²) in [6.07, 6.45) is 1.71. The van der Waals surface area contributed by atoms with Crippen LogP contribution in [0, 0.1) is 0 Å². The van der Waals surface area contributed by atoms with Crippen LogP contribution >= 0.6 is 11.3 Å². The molecule has 0 radical (unpaired) electrons. The summed E-state index contributed by atoms with van der Waals surface area (Å²) >= 11 is 1.40. The second-order valence-corrected chi connectivity index (χ2v) is 6.06. The molecule has 0 fully saturated rings. The molecule has 122 valence electrons. The monoisotopic (exact) mass is 334 g/mol.